The largest absolute Gasteiger partial charge is 0.490 e. The lowest BCUT2D eigenvalue weighted by molar-refractivity contribution is -0.0858. The third-order valence-electron chi connectivity index (χ3n) is 3.29. The van der Waals surface area contributed by atoms with Crippen molar-refractivity contribution >= 4 is 0 Å². The van der Waals surface area contributed by atoms with Crippen LogP contribution in [0.3, 0.4) is 0 Å². The van der Waals surface area contributed by atoms with Gasteiger partial charge in [-0.15, -0.1) is 0 Å². The van der Waals surface area contributed by atoms with E-state index < -0.39 is 5.60 Å². The first-order chi connectivity index (χ1) is 9.67. The molecule has 1 aromatic rings. The molecular weight excluding hydrogens is 258 g/mol. The molecule has 0 amide bonds. The summed E-state index contributed by atoms with van der Waals surface area (Å²) in [7, 11) is 0. The average Bonchev–Trinajstić information content (AvgIpc) is 2.47. The summed E-state index contributed by atoms with van der Waals surface area (Å²) < 4.78 is 16.4. The molecule has 1 saturated heterocycles. The molecular formula is C15H19NO4. The zero-order valence-corrected chi connectivity index (χ0v) is 11.6. The summed E-state index contributed by atoms with van der Waals surface area (Å²) in [6.45, 7) is 3.65. The molecule has 0 aromatic heterocycles. The van der Waals surface area contributed by atoms with Gasteiger partial charge in [-0.2, -0.15) is 5.26 Å². The van der Waals surface area contributed by atoms with E-state index in [2.05, 4.69) is 6.07 Å². The van der Waals surface area contributed by atoms with E-state index in [4.69, 9.17) is 19.5 Å². The van der Waals surface area contributed by atoms with E-state index in [0.29, 0.717) is 49.7 Å². The Morgan fingerprint density at radius 2 is 2.05 bits per heavy atom. The Bertz CT molecular complexity index is 489. The van der Waals surface area contributed by atoms with Crippen molar-refractivity contribution in [3.63, 3.8) is 0 Å². The molecule has 0 saturated carbocycles. The molecule has 0 bridgehead atoms. The molecule has 1 N–H and O–H groups in total. The summed E-state index contributed by atoms with van der Waals surface area (Å²) in [6, 6.07) is 7.08. The monoisotopic (exact) mass is 277 g/mol. The van der Waals surface area contributed by atoms with Crippen LogP contribution in [0.1, 0.15) is 25.3 Å². The normalized spacial score (nSPS) is 17.2. The van der Waals surface area contributed by atoms with Crippen LogP contribution in [0, 0.1) is 11.3 Å². The highest BCUT2D eigenvalue weighted by atomic mass is 16.5. The van der Waals surface area contributed by atoms with Gasteiger partial charge in [0.25, 0.3) is 0 Å². The van der Waals surface area contributed by atoms with Gasteiger partial charge in [-0.25, -0.2) is 0 Å². The molecule has 1 aliphatic heterocycles. The smallest absolute Gasteiger partial charge is 0.162 e. The first-order valence-corrected chi connectivity index (χ1v) is 6.77. The SMILES string of the molecule is CCOc1cc(C#N)ccc1OCC1(O)CCOCC1. The van der Waals surface area contributed by atoms with Gasteiger partial charge in [-0.3, -0.25) is 0 Å². The molecule has 1 fully saturated rings. The number of nitriles is 1. The highest BCUT2D eigenvalue weighted by Crippen LogP contribution is 2.30. The van der Waals surface area contributed by atoms with E-state index in [1.165, 1.54) is 0 Å². The number of hydrogen-bond acceptors (Lipinski definition) is 5. The van der Waals surface area contributed by atoms with Crippen LogP contribution in [0.25, 0.3) is 0 Å². The van der Waals surface area contributed by atoms with Gasteiger partial charge in [0.15, 0.2) is 11.5 Å². The Balaban J connectivity index is 2.06. The first-order valence-electron chi connectivity index (χ1n) is 6.77. The molecule has 1 heterocycles. The minimum absolute atomic E-state index is 0.197. The lowest BCUT2D eigenvalue weighted by Gasteiger charge is -2.31. The molecule has 20 heavy (non-hydrogen) atoms. The van der Waals surface area contributed by atoms with Gasteiger partial charge in [0.2, 0.25) is 0 Å². The zero-order valence-electron chi connectivity index (χ0n) is 11.6. The van der Waals surface area contributed by atoms with Crippen molar-refractivity contribution in [2.24, 2.45) is 0 Å². The van der Waals surface area contributed by atoms with Crippen molar-refractivity contribution in [2.45, 2.75) is 25.4 Å². The average molecular weight is 277 g/mol. The highest BCUT2D eigenvalue weighted by Gasteiger charge is 2.31. The maximum absolute atomic E-state index is 10.4. The maximum atomic E-state index is 10.4. The van der Waals surface area contributed by atoms with E-state index in [0.717, 1.165) is 0 Å². The second-order valence-electron chi connectivity index (χ2n) is 4.83. The molecule has 108 valence electrons. The van der Waals surface area contributed by atoms with Crippen molar-refractivity contribution in [1.29, 1.82) is 5.26 Å². The molecule has 0 radical (unpaired) electrons. The quantitative estimate of drug-likeness (QED) is 0.889. The van der Waals surface area contributed by atoms with Crippen LogP contribution in [0.15, 0.2) is 18.2 Å². The second-order valence-corrected chi connectivity index (χ2v) is 4.83. The van der Waals surface area contributed by atoms with Gasteiger partial charge in [0.05, 0.1) is 18.2 Å². The van der Waals surface area contributed by atoms with Crippen LogP contribution in [0.4, 0.5) is 0 Å². The van der Waals surface area contributed by atoms with Crippen molar-refractivity contribution in [3.8, 4) is 17.6 Å². The molecule has 1 aromatic carbocycles. The molecule has 0 unspecified atom stereocenters. The Morgan fingerprint density at radius 3 is 2.70 bits per heavy atom. The lowest BCUT2D eigenvalue weighted by Crippen LogP contribution is -2.41. The third kappa shape index (κ3) is 3.62. The molecule has 5 nitrogen and oxygen atoms in total. The number of nitrogens with zero attached hydrogens (tertiary/aromatic N) is 1. The minimum Gasteiger partial charge on any atom is -0.490 e. The van der Waals surface area contributed by atoms with Crippen LogP contribution in [-0.2, 0) is 4.74 Å². The van der Waals surface area contributed by atoms with E-state index in [1.807, 2.05) is 6.92 Å². The summed E-state index contributed by atoms with van der Waals surface area (Å²) >= 11 is 0. The molecule has 0 atom stereocenters. The predicted molar refractivity (Wildman–Crippen MR) is 72.8 cm³/mol. The first kappa shape index (κ1) is 14.6. The Labute approximate surface area is 118 Å². The van der Waals surface area contributed by atoms with Crippen LogP contribution < -0.4 is 9.47 Å². The predicted octanol–water partition coefficient (Wildman–Crippen LogP) is 1.88. The fourth-order valence-electron chi connectivity index (χ4n) is 2.07. The Hall–Kier alpha value is -1.77. The fourth-order valence-corrected chi connectivity index (χ4v) is 2.07. The van der Waals surface area contributed by atoms with Crippen molar-refractivity contribution < 1.29 is 19.3 Å². The Kier molecular flexibility index (Phi) is 4.83. The van der Waals surface area contributed by atoms with Crippen LogP contribution in [0.2, 0.25) is 0 Å². The van der Waals surface area contributed by atoms with Crippen LogP contribution in [0.5, 0.6) is 11.5 Å². The van der Waals surface area contributed by atoms with E-state index in [1.54, 1.807) is 18.2 Å². The molecule has 1 aliphatic rings. The standard InChI is InChI=1S/C15H19NO4/c1-2-19-14-9-12(10-16)3-4-13(14)20-11-15(17)5-7-18-8-6-15/h3-4,9,17H,2,5-8,11H2,1H3. The summed E-state index contributed by atoms with van der Waals surface area (Å²) in [5.41, 5.74) is -0.332. The van der Waals surface area contributed by atoms with Crippen LogP contribution >= 0.6 is 0 Å². The van der Waals surface area contributed by atoms with Gasteiger partial charge in [-0.1, -0.05) is 0 Å². The van der Waals surface area contributed by atoms with Gasteiger partial charge in [0, 0.05) is 32.1 Å². The fraction of sp³-hybridized carbons (Fsp3) is 0.533. The van der Waals surface area contributed by atoms with Crippen molar-refractivity contribution in [2.75, 3.05) is 26.4 Å². The van der Waals surface area contributed by atoms with E-state index in [-0.39, 0.29) is 6.61 Å². The summed E-state index contributed by atoms with van der Waals surface area (Å²) in [6.07, 6.45) is 1.13. The van der Waals surface area contributed by atoms with E-state index >= 15 is 0 Å². The summed E-state index contributed by atoms with van der Waals surface area (Å²) in [4.78, 5) is 0. The molecule has 5 heteroatoms. The molecule has 0 spiro atoms. The number of benzene rings is 1. The summed E-state index contributed by atoms with van der Waals surface area (Å²) in [5.74, 6) is 1.08. The summed E-state index contributed by atoms with van der Waals surface area (Å²) in [5, 5.41) is 19.3. The maximum Gasteiger partial charge on any atom is 0.162 e. The topological polar surface area (TPSA) is 71.7 Å². The third-order valence-corrected chi connectivity index (χ3v) is 3.29. The molecule has 0 aliphatic carbocycles. The zero-order chi connectivity index (χ0) is 14.4. The Morgan fingerprint density at radius 1 is 1.30 bits per heavy atom. The number of rotatable bonds is 5. The number of aliphatic hydroxyl groups is 1. The van der Waals surface area contributed by atoms with Gasteiger partial charge >= 0.3 is 0 Å². The van der Waals surface area contributed by atoms with Crippen LogP contribution in [-0.4, -0.2) is 37.1 Å². The minimum atomic E-state index is -0.852. The van der Waals surface area contributed by atoms with Gasteiger partial charge in [0.1, 0.15) is 12.2 Å². The van der Waals surface area contributed by atoms with Crippen molar-refractivity contribution in [1.82, 2.24) is 0 Å². The van der Waals surface area contributed by atoms with E-state index in [9.17, 15) is 5.11 Å². The number of ether oxygens (including phenoxy) is 3. The van der Waals surface area contributed by atoms with Gasteiger partial charge < -0.3 is 19.3 Å². The lowest BCUT2D eigenvalue weighted by atomic mass is 9.96. The number of hydrogen-bond donors (Lipinski definition) is 1. The highest BCUT2D eigenvalue weighted by molar-refractivity contribution is 5.46. The molecule has 2 rings (SSSR count). The van der Waals surface area contributed by atoms with Gasteiger partial charge in [-0.05, 0) is 19.1 Å². The second kappa shape index (κ2) is 6.60. The van der Waals surface area contributed by atoms with Crippen molar-refractivity contribution in [3.05, 3.63) is 23.8 Å².